The van der Waals surface area contributed by atoms with Gasteiger partial charge in [0, 0.05) is 11.5 Å². The first kappa shape index (κ1) is 23.0. The summed E-state index contributed by atoms with van der Waals surface area (Å²) in [5, 5.41) is 43.9. The van der Waals surface area contributed by atoms with E-state index in [1.807, 2.05) is 6.92 Å². The van der Waals surface area contributed by atoms with Crippen LogP contribution < -0.4 is 5.73 Å². The van der Waals surface area contributed by atoms with Crippen molar-refractivity contribution < 1.29 is 34.8 Å². The van der Waals surface area contributed by atoms with Gasteiger partial charge in [0.2, 0.25) is 5.78 Å². The summed E-state index contributed by atoms with van der Waals surface area (Å²) in [6.45, 7) is 2.01. The van der Waals surface area contributed by atoms with Crippen molar-refractivity contribution in [3.8, 4) is 5.75 Å². The summed E-state index contributed by atoms with van der Waals surface area (Å²) >= 11 is 0. The van der Waals surface area contributed by atoms with E-state index in [-0.39, 0.29) is 23.3 Å². The van der Waals surface area contributed by atoms with E-state index in [0.29, 0.717) is 12.8 Å². The molecule has 33 heavy (non-hydrogen) atoms. The molecular formula is C24H28N2O7. The molecule has 6 N–H and O–H groups in total. The quantitative estimate of drug-likeness (QED) is 0.418. The number of phenolic OH excluding ortho intramolecular Hbond substituents is 1. The van der Waals surface area contributed by atoms with Gasteiger partial charge in [-0.1, -0.05) is 19.4 Å². The summed E-state index contributed by atoms with van der Waals surface area (Å²) in [6, 6.07) is 2.16. The molecule has 0 spiro atoms. The average Bonchev–Trinajstić information content (AvgIpc) is 2.72. The van der Waals surface area contributed by atoms with Crippen LogP contribution in [-0.4, -0.2) is 68.5 Å². The number of aromatic hydroxyl groups is 1. The van der Waals surface area contributed by atoms with Crippen LogP contribution in [0.2, 0.25) is 0 Å². The van der Waals surface area contributed by atoms with Gasteiger partial charge in [0.15, 0.2) is 11.4 Å². The monoisotopic (exact) mass is 456 g/mol. The highest BCUT2D eigenvalue weighted by Crippen LogP contribution is 2.52. The van der Waals surface area contributed by atoms with Gasteiger partial charge in [-0.05, 0) is 56.5 Å². The van der Waals surface area contributed by atoms with Crippen molar-refractivity contribution in [3.05, 3.63) is 45.7 Å². The third-order valence-corrected chi connectivity index (χ3v) is 7.22. The average molecular weight is 456 g/mol. The first-order valence-electron chi connectivity index (χ1n) is 10.9. The molecule has 1 saturated carbocycles. The van der Waals surface area contributed by atoms with Crippen molar-refractivity contribution in [2.75, 3.05) is 14.1 Å². The van der Waals surface area contributed by atoms with E-state index < -0.39 is 58.0 Å². The van der Waals surface area contributed by atoms with E-state index in [0.717, 1.165) is 17.5 Å². The number of likely N-dealkylation sites (N-methyl/N-ethyl adjacent to an activating group) is 1. The molecule has 4 rings (SSSR count). The number of primary amides is 1. The lowest BCUT2D eigenvalue weighted by Crippen LogP contribution is -2.65. The Hall–Kier alpha value is -3.17. The Balaban J connectivity index is 1.97. The van der Waals surface area contributed by atoms with E-state index in [9.17, 15) is 34.8 Å². The maximum Gasteiger partial charge on any atom is 0.255 e. The molecule has 0 radical (unpaired) electrons. The van der Waals surface area contributed by atoms with Gasteiger partial charge < -0.3 is 26.2 Å². The number of hydrogen-bond acceptors (Lipinski definition) is 8. The normalized spacial score (nSPS) is 29.2. The molecule has 1 aromatic rings. The molecular weight excluding hydrogens is 428 g/mol. The summed E-state index contributed by atoms with van der Waals surface area (Å²) in [5.74, 6) is -6.36. The van der Waals surface area contributed by atoms with Gasteiger partial charge >= 0.3 is 0 Å². The maximum absolute atomic E-state index is 13.7. The van der Waals surface area contributed by atoms with Crippen LogP contribution in [-0.2, 0) is 27.2 Å². The number of nitrogens with two attached hydrogens (primary N) is 1. The predicted molar refractivity (Wildman–Crippen MR) is 118 cm³/mol. The van der Waals surface area contributed by atoms with Gasteiger partial charge in [-0.2, -0.15) is 0 Å². The Labute approximate surface area is 190 Å². The minimum Gasteiger partial charge on any atom is -0.508 e. The number of aliphatic hydroxyl groups is 3. The van der Waals surface area contributed by atoms with Gasteiger partial charge in [-0.15, -0.1) is 0 Å². The molecule has 3 aliphatic carbocycles. The second kappa shape index (κ2) is 7.71. The van der Waals surface area contributed by atoms with Crippen LogP contribution in [0.15, 0.2) is 29.0 Å². The van der Waals surface area contributed by atoms with E-state index in [1.54, 1.807) is 20.2 Å². The fourth-order valence-electron chi connectivity index (χ4n) is 5.81. The highest BCUT2D eigenvalue weighted by Gasteiger charge is 2.64. The van der Waals surface area contributed by atoms with Crippen molar-refractivity contribution in [1.82, 2.24) is 4.90 Å². The lowest BCUT2D eigenvalue weighted by molar-refractivity contribution is -0.153. The number of carbonyl (C=O) groups is 3. The lowest BCUT2D eigenvalue weighted by atomic mass is 9.57. The van der Waals surface area contributed by atoms with Crippen molar-refractivity contribution in [3.63, 3.8) is 0 Å². The molecule has 9 nitrogen and oxygen atoms in total. The molecule has 3 aliphatic rings. The number of nitrogens with zero attached hydrogens (tertiary/aromatic N) is 1. The molecule has 0 heterocycles. The fraction of sp³-hybridized carbons (Fsp3) is 0.458. The maximum atomic E-state index is 13.7. The summed E-state index contributed by atoms with van der Waals surface area (Å²) in [6.07, 6.45) is 1.96. The van der Waals surface area contributed by atoms with Crippen LogP contribution in [0, 0.1) is 11.8 Å². The second-order valence-electron chi connectivity index (χ2n) is 9.31. The van der Waals surface area contributed by atoms with Crippen molar-refractivity contribution in [2.45, 2.75) is 44.2 Å². The number of Topliss-reactive ketones (excluding diaryl/α,β-unsaturated/α-hetero) is 2. The minimum atomic E-state index is -2.61. The van der Waals surface area contributed by atoms with E-state index >= 15 is 0 Å². The van der Waals surface area contributed by atoms with Crippen LogP contribution in [0.5, 0.6) is 5.75 Å². The number of hydrogen-bond donors (Lipinski definition) is 5. The number of aliphatic hydroxyl groups excluding tert-OH is 2. The standard InChI is InChI=1S/C24H28N2O7/c1-4-5-10-6-7-14(27)16-12(10)8-11-9-13-18(26(2)3)20(29)17(23(25)32)22(31)24(13,33)21(30)15(11)19(16)28/h6-7,11,13,18,27-28,31,33H,4-5,8-9H2,1-3H3,(H2,25,32)/t11-,13+,18-,24+/m0/s1. The first-order valence-corrected chi connectivity index (χ1v) is 10.9. The zero-order valence-corrected chi connectivity index (χ0v) is 18.8. The van der Waals surface area contributed by atoms with E-state index in [4.69, 9.17) is 5.73 Å². The predicted octanol–water partition coefficient (Wildman–Crippen LogP) is 0.916. The summed E-state index contributed by atoms with van der Waals surface area (Å²) < 4.78 is 0. The number of ketones is 2. The Morgan fingerprint density at radius 2 is 1.88 bits per heavy atom. The number of amides is 1. The number of benzene rings is 1. The molecule has 1 aromatic carbocycles. The van der Waals surface area contributed by atoms with Crippen molar-refractivity contribution in [2.24, 2.45) is 17.6 Å². The van der Waals surface area contributed by atoms with Crippen LogP contribution in [0.3, 0.4) is 0 Å². The number of aryl methyl sites for hydroxylation is 1. The van der Waals surface area contributed by atoms with E-state index in [2.05, 4.69) is 0 Å². The molecule has 0 unspecified atom stereocenters. The van der Waals surface area contributed by atoms with Crippen LogP contribution in [0.4, 0.5) is 0 Å². The summed E-state index contributed by atoms with van der Waals surface area (Å²) in [5.41, 5.74) is 3.55. The largest absolute Gasteiger partial charge is 0.508 e. The molecule has 1 fully saturated rings. The van der Waals surface area contributed by atoms with Gasteiger partial charge in [0.1, 0.15) is 22.8 Å². The SMILES string of the molecule is CCCc1ccc(O)c2c1C[C@H]1C[C@@H]3[C@H](N(C)C)C(=O)C(C(N)=O)=C(O)[C@]3(O)C(=O)C1=C2O. The highest BCUT2D eigenvalue weighted by molar-refractivity contribution is 6.24. The number of carbonyl (C=O) groups excluding carboxylic acids is 3. The fourth-order valence-corrected chi connectivity index (χ4v) is 5.81. The van der Waals surface area contributed by atoms with Crippen LogP contribution in [0.1, 0.15) is 36.5 Å². The number of rotatable bonds is 4. The Bertz CT molecular complexity index is 1150. The highest BCUT2D eigenvalue weighted by atomic mass is 16.3. The lowest BCUT2D eigenvalue weighted by Gasteiger charge is -2.50. The third-order valence-electron chi connectivity index (χ3n) is 7.22. The third kappa shape index (κ3) is 3.02. The number of fused-ring (bicyclic) bond motifs is 3. The topological polar surface area (TPSA) is 161 Å². The summed E-state index contributed by atoms with van der Waals surface area (Å²) in [7, 11) is 3.15. The van der Waals surface area contributed by atoms with Crippen LogP contribution >= 0.6 is 0 Å². The molecule has 0 saturated heterocycles. The van der Waals surface area contributed by atoms with Gasteiger partial charge in [-0.25, -0.2) is 0 Å². The zero-order valence-electron chi connectivity index (χ0n) is 18.8. The molecule has 1 amide bonds. The minimum absolute atomic E-state index is 0.0903. The molecule has 4 atom stereocenters. The Morgan fingerprint density at radius 1 is 1.21 bits per heavy atom. The molecule has 0 bridgehead atoms. The van der Waals surface area contributed by atoms with Crippen molar-refractivity contribution in [1.29, 1.82) is 0 Å². The van der Waals surface area contributed by atoms with Crippen LogP contribution in [0.25, 0.3) is 5.76 Å². The molecule has 176 valence electrons. The van der Waals surface area contributed by atoms with E-state index in [1.165, 1.54) is 11.0 Å². The summed E-state index contributed by atoms with van der Waals surface area (Å²) in [4.78, 5) is 40.2. The molecule has 0 aliphatic heterocycles. The zero-order chi connectivity index (χ0) is 24.4. The first-order chi connectivity index (χ1) is 15.5. The van der Waals surface area contributed by atoms with Gasteiger partial charge in [0.25, 0.3) is 5.91 Å². The van der Waals surface area contributed by atoms with Gasteiger partial charge in [0.05, 0.1) is 11.6 Å². The second-order valence-corrected chi connectivity index (χ2v) is 9.31. The van der Waals surface area contributed by atoms with Gasteiger partial charge in [-0.3, -0.25) is 19.3 Å². The Morgan fingerprint density at radius 3 is 2.45 bits per heavy atom. The van der Waals surface area contributed by atoms with Crippen molar-refractivity contribution >= 4 is 23.2 Å². The smallest absolute Gasteiger partial charge is 0.255 e. The molecule has 0 aromatic heterocycles. The number of phenols is 1. The molecule has 9 heteroatoms. The Kier molecular flexibility index (Phi) is 5.37.